The average Bonchev–Trinajstić information content (AvgIpc) is 3.00. The number of carbonyl (C=O) groups is 1. The van der Waals surface area contributed by atoms with Crippen molar-refractivity contribution in [3.8, 4) is 5.69 Å². The van der Waals surface area contributed by atoms with Gasteiger partial charge in [0.25, 0.3) is 0 Å². The van der Waals surface area contributed by atoms with E-state index in [0.717, 1.165) is 11.3 Å². The van der Waals surface area contributed by atoms with Crippen molar-refractivity contribution in [1.82, 2.24) is 20.2 Å². The number of nitrogens with two attached hydrogens (primary N) is 1. The van der Waals surface area contributed by atoms with Gasteiger partial charge in [0.15, 0.2) is 0 Å². The third-order valence-corrected chi connectivity index (χ3v) is 3.10. The molecule has 8 nitrogen and oxygen atoms in total. The molecule has 0 aliphatic heterocycles. The van der Waals surface area contributed by atoms with Crippen molar-refractivity contribution in [3.05, 3.63) is 30.1 Å². The van der Waals surface area contributed by atoms with Gasteiger partial charge in [0.2, 0.25) is 5.91 Å². The highest BCUT2D eigenvalue weighted by Gasteiger charge is 2.12. The number of carbonyl (C=O) groups excluding carboxylic acids is 1. The number of tetrazole rings is 1. The van der Waals surface area contributed by atoms with E-state index in [2.05, 4.69) is 20.8 Å². The van der Waals surface area contributed by atoms with Crippen molar-refractivity contribution in [2.75, 3.05) is 19.0 Å². The zero-order valence-corrected chi connectivity index (χ0v) is 12.0. The van der Waals surface area contributed by atoms with Gasteiger partial charge < -0.3 is 15.8 Å². The monoisotopic (exact) mass is 290 g/mol. The van der Waals surface area contributed by atoms with E-state index >= 15 is 0 Å². The van der Waals surface area contributed by atoms with Crippen LogP contribution in [-0.2, 0) is 9.53 Å². The minimum absolute atomic E-state index is 0.154. The number of ether oxygens (including phenoxy) is 1. The fourth-order valence-electron chi connectivity index (χ4n) is 1.89. The molecule has 2 aromatic rings. The molecule has 0 saturated carbocycles. The molecule has 3 N–H and O–H groups in total. The lowest BCUT2D eigenvalue weighted by molar-refractivity contribution is -0.118. The highest BCUT2D eigenvalue weighted by molar-refractivity contribution is 5.91. The number of aromatic nitrogens is 4. The largest absolute Gasteiger partial charge is 0.380 e. The van der Waals surface area contributed by atoms with Gasteiger partial charge in [0.05, 0.1) is 18.2 Å². The Balaban J connectivity index is 2.11. The molecule has 112 valence electrons. The van der Waals surface area contributed by atoms with Crippen LogP contribution in [0.1, 0.15) is 12.0 Å². The fraction of sp³-hybridized carbons (Fsp3) is 0.385. The number of aryl methyl sites for hydroxylation is 1. The van der Waals surface area contributed by atoms with Crippen LogP contribution in [0.25, 0.3) is 5.69 Å². The molecule has 0 fully saturated rings. The second-order valence-corrected chi connectivity index (χ2v) is 4.60. The number of hydrogen-bond acceptors (Lipinski definition) is 6. The summed E-state index contributed by atoms with van der Waals surface area (Å²) in [5.74, 6) is -0.154. The van der Waals surface area contributed by atoms with E-state index in [-0.39, 0.29) is 18.4 Å². The molecule has 21 heavy (non-hydrogen) atoms. The first-order valence-corrected chi connectivity index (χ1v) is 6.50. The number of nitrogens with zero attached hydrogens (tertiary/aromatic N) is 4. The van der Waals surface area contributed by atoms with Crippen molar-refractivity contribution in [2.24, 2.45) is 5.73 Å². The maximum atomic E-state index is 11.9. The topological polar surface area (TPSA) is 108 Å². The van der Waals surface area contributed by atoms with Gasteiger partial charge in [-0.05, 0) is 35.0 Å². The van der Waals surface area contributed by atoms with Crippen molar-refractivity contribution < 1.29 is 9.53 Å². The molecule has 2 rings (SSSR count). The van der Waals surface area contributed by atoms with Gasteiger partial charge in [-0.2, -0.15) is 0 Å². The molecule has 8 heteroatoms. The van der Waals surface area contributed by atoms with Gasteiger partial charge in [-0.25, -0.2) is 4.68 Å². The van der Waals surface area contributed by atoms with Crippen molar-refractivity contribution in [2.45, 2.75) is 19.4 Å². The first kappa shape index (κ1) is 15.1. The Bertz CT molecular complexity index is 595. The van der Waals surface area contributed by atoms with Crippen molar-refractivity contribution in [3.63, 3.8) is 0 Å². The molecule has 1 heterocycles. The lowest BCUT2D eigenvalue weighted by Crippen LogP contribution is -2.28. The SMILES string of the molecule is COC(CN)CC(=O)Nc1ccc(C)c(-n2cnnn2)c1. The summed E-state index contributed by atoms with van der Waals surface area (Å²) in [6, 6.07) is 5.53. The van der Waals surface area contributed by atoms with E-state index < -0.39 is 0 Å². The third-order valence-electron chi connectivity index (χ3n) is 3.10. The normalized spacial score (nSPS) is 12.1. The molecule has 0 bridgehead atoms. The van der Waals surface area contributed by atoms with Gasteiger partial charge in [-0.15, -0.1) is 5.10 Å². The summed E-state index contributed by atoms with van der Waals surface area (Å²) in [5, 5.41) is 13.9. The molecule has 1 unspecified atom stereocenters. The number of amides is 1. The van der Waals surface area contributed by atoms with Gasteiger partial charge in [0, 0.05) is 19.3 Å². The van der Waals surface area contributed by atoms with E-state index in [9.17, 15) is 4.79 Å². The van der Waals surface area contributed by atoms with Crippen molar-refractivity contribution in [1.29, 1.82) is 0 Å². The van der Waals surface area contributed by atoms with Gasteiger partial charge in [-0.3, -0.25) is 4.79 Å². The smallest absolute Gasteiger partial charge is 0.227 e. The van der Waals surface area contributed by atoms with E-state index in [1.54, 1.807) is 4.68 Å². The van der Waals surface area contributed by atoms with Crippen LogP contribution >= 0.6 is 0 Å². The van der Waals surface area contributed by atoms with Crippen LogP contribution in [0.2, 0.25) is 0 Å². The van der Waals surface area contributed by atoms with E-state index in [0.29, 0.717) is 12.2 Å². The minimum atomic E-state index is -0.283. The minimum Gasteiger partial charge on any atom is -0.380 e. The van der Waals surface area contributed by atoms with E-state index in [4.69, 9.17) is 10.5 Å². The van der Waals surface area contributed by atoms with E-state index in [1.165, 1.54) is 13.4 Å². The lowest BCUT2D eigenvalue weighted by atomic mass is 10.1. The third kappa shape index (κ3) is 3.83. The lowest BCUT2D eigenvalue weighted by Gasteiger charge is -2.13. The summed E-state index contributed by atoms with van der Waals surface area (Å²) in [4.78, 5) is 11.9. The van der Waals surface area contributed by atoms with Crippen LogP contribution in [0.15, 0.2) is 24.5 Å². The Morgan fingerprint density at radius 1 is 1.52 bits per heavy atom. The van der Waals surface area contributed by atoms with Crippen LogP contribution < -0.4 is 11.1 Å². The van der Waals surface area contributed by atoms with E-state index in [1.807, 2.05) is 25.1 Å². The Labute approximate surface area is 122 Å². The summed E-state index contributed by atoms with van der Waals surface area (Å²) < 4.78 is 6.64. The number of methoxy groups -OCH3 is 1. The quantitative estimate of drug-likeness (QED) is 0.790. The molecule has 0 aliphatic rings. The molecule has 0 aliphatic carbocycles. The first-order chi connectivity index (χ1) is 10.1. The predicted molar refractivity (Wildman–Crippen MR) is 77.0 cm³/mol. The molecular formula is C13H18N6O2. The highest BCUT2D eigenvalue weighted by atomic mass is 16.5. The van der Waals surface area contributed by atoms with Gasteiger partial charge >= 0.3 is 0 Å². The second kappa shape index (κ2) is 6.91. The summed E-state index contributed by atoms with van der Waals surface area (Å²) in [6.07, 6.45) is 1.43. The van der Waals surface area contributed by atoms with Crippen LogP contribution in [0.3, 0.4) is 0 Å². The molecule has 0 radical (unpaired) electrons. The standard InChI is InChI=1S/C13H18N6O2/c1-9-3-4-10(5-12(9)19-8-15-17-18-19)16-13(20)6-11(7-14)21-2/h3-5,8,11H,6-7,14H2,1-2H3,(H,16,20). The molecule has 1 aromatic carbocycles. The maximum Gasteiger partial charge on any atom is 0.227 e. The Kier molecular flexibility index (Phi) is 4.96. The zero-order chi connectivity index (χ0) is 15.2. The molecule has 1 amide bonds. The Morgan fingerprint density at radius 2 is 2.33 bits per heavy atom. The van der Waals surface area contributed by atoms with Crippen molar-refractivity contribution >= 4 is 11.6 Å². The Morgan fingerprint density at radius 3 is 2.95 bits per heavy atom. The molecule has 1 aromatic heterocycles. The molecule has 1 atom stereocenters. The maximum absolute atomic E-state index is 11.9. The fourth-order valence-corrected chi connectivity index (χ4v) is 1.89. The molecular weight excluding hydrogens is 272 g/mol. The van der Waals surface area contributed by atoms with Gasteiger partial charge in [0.1, 0.15) is 6.33 Å². The van der Waals surface area contributed by atoms with Crippen LogP contribution in [0, 0.1) is 6.92 Å². The predicted octanol–water partition coefficient (Wildman–Crippen LogP) is 0.273. The first-order valence-electron chi connectivity index (χ1n) is 6.50. The summed E-state index contributed by atoms with van der Waals surface area (Å²) in [6.45, 7) is 2.24. The van der Waals surface area contributed by atoms with Crippen LogP contribution in [0.4, 0.5) is 5.69 Å². The van der Waals surface area contributed by atoms with Crippen LogP contribution in [-0.4, -0.2) is 45.9 Å². The summed E-state index contributed by atoms with van der Waals surface area (Å²) in [7, 11) is 1.53. The van der Waals surface area contributed by atoms with Gasteiger partial charge in [-0.1, -0.05) is 6.07 Å². The number of hydrogen-bond donors (Lipinski definition) is 2. The number of nitrogens with one attached hydrogen (secondary N) is 1. The number of rotatable bonds is 6. The number of benzene rings is 1. The molecule has 0 saturated heterocycles. The second-order valence-electron chi connectivity index (χ2n) is 4.60. The Hall–Kier alpha value is -2.32. The zero-order valence-electron chi connectivity index (χ0n) is 12.0. The summed E-state index contributed by atoms with van der Waals surface area (Å²) >= 11 is 0. The summed E-state index contributed by atoms with van der Waals surface area (Å²) in [5.41, 5.74) is 7.97. The van der Waals surface area contributed by atoms with Crippen LogP contribution in [0.5, 0.6) is 0 Å². The molecule has 0 spiro atoms. The highest BCUT2D eigenvalue weighted by Crippen LogP contribution is 2.18. The number of anilines is 1. The average molecular weight is 290 g/mol.